The third-order valence-corrected chi connectivity index (χ3v) is 5.31. The predicted octanol–water partition coefficient (Wildman–Crippen LogP) is 5.39. The lowest BCUT2D eigenvalue weighted by molar-refractivity contribution is 0.0991. The van der Waals surface area contributed by atoms with Crippen LogP contribution in [0, 0.1) is 0 Å². The molecular weight excluding hydrogens is 444 g/mol. The number of rotatable bonds is 7. The summed E-state index contributed by atoms with van der Waals surface area (Å²) >= 11 is 0. The second-order valence-corrected chi connectivity index (χ2v) is 9.19. The molecule has 2 amide bonds. The normalized spacial score (nSPS) is 11.2. The summed E-state index contributed by atoms with van der Waals surface area (Å²) in [5.74, 6) is 0.683. The third kappa shape index (κ3) is 6.17. The number of hydrogen-bond acceptors (Lipinski definition) is 5. The zero-order chi connectivity index (χ0) is 25.0. The smallest absolute Gasteiger partial charge is 0.291 e. The van der Waals surface area contributed by atoms with Crippen LogP contribution in [0.2, 0.25) is 0 Å². The van der Waals surface area contributed by atoms with Crippen molar-refractivity contribution in [3.8, 4) is 5.75 Å². The van der Waals surface area contributed by atoms with E-state index in [1.165, 1.54) is 5.56 Å². The summed E-state index contributed by atoms with van der Waals surface area (Å²) in [5, 5.41) is 9.63. The summed E-state index contributed by atoms with van der Waals surface area (Å²) in [5.41, 5.74) is 2.65. The molecule has 8 heteroatoms. The van der Waals surface area contributed by atoms with E-state index >= 15 is 0 Å². The molecule has 2 aromatic carbocycles. The van der Waals surface area contributed by atoms with Crippen LogP contribution in [0.25, 0.3) is 0 Å². The van der Waals surface area contributed by atoms with E-state index in [4.69, 9.17) is 9.15 Å². The Morgan fingerprint density at radius 2 is 1.63 bits per heavy atom. The molecule has 4 rings (SSSR count). The largest absolute Gasteiger partial charge is 0.486 e. The summed E-state index contributed by atoms with van der Waals surface area (Å²) in [6.45, 7) is 6.68. The van der Waals surface area contributed by atoms with Gasteiger partial charge in [-0.05, 0) is 59.5 Å². The van der Waals surface area contributed by atoms with Crippen molar-refractivity contribution in [2.24, 2.45) is 7.05 Å². The number of benzene rings is 2. The van der Waals surface area contributed by atoms with Crippen LogP contribution in [0.4, 0.5) is 11.4 Å². The SMILES string of the molecule is Cn1ccc(C(=O)Nc2cccc(NC(=O)c3ccc(COc4ccc(C(C)(C)C)cc4)o3)c2)n1. The highest BCUT2D eigenvalue weighted by molar-refractivity contribution is 6.04. The molecule has 180 valence electrons. The van der Waals surface area contributed by atoms with Gasteiger partial charge in [0.1, 0.15) is 18.1 Å². The lowest BCUT2D eigenvalue weighted by Gasteiger charge is -2.19. The zero-order valence-electron chi connectivity index (χ0n) is 20.2. The van der Waals surface area contributed by atoms with Gasteiger partial charge in [-0.15, -0.1) is 0 Å². The highest BCUT2D eigenvalue weighted by Crippen LogP contribution is 2.25. The number of nitrogens with one attached hydrogen (secondary N) is 2. The summed E-state index contributed by atoms with van der Waals surface area (Å²) in [6, 6.07) is 19.7. The standard InChI is InChI=1S/C27H28N4O4/c1-27(2,3)18-8-10-21(11-9-18)34-17-22-12-13-24(35-22)26(33)29-20-7-5-6-19(16-20)28-25(32)23-14-15-31(4)30-23/h5-16H,17H2,1-4H3,(H,28,32)(H,29,33). The average Bonchev–Trinajstić information content (AvgIpc) is 3.47. The topological polar surface area (TPSA) is 98.4 Å². The van der Waals surface area contributed by atoms with Gasteiger partial charge in [0, 0.05) is 24.6 Å². The summed E-state index contributed by atoms with van der Waals surface area (Å²) in [7, 11) is 1.74. The number of ether oxygens (including phenoxy) is 1. The minimum Gasteiger partial charge on any atom is -0.486 e. The number of hydrogen-bond donors (Lipinski definition) is 2. The summed E-state index contributed by atoms with van der Waals surface area (Å²) in [6.07, 6.45) is 1.69. The van der Waals surface area contributed by atoms with Crippen molar-refractivity contribution in [2.45, 2.75) is 32.8 Å². The van der Waals surface area contributed by atoms with Crippen molar-refractivity contribution in [3.05, 3.63) is 95.7 Å². The Hall–Kier alpha value is -4.33. The van der Waals surface area contributed by atoms with Crippen molar-refractivity contribution < 1.29 is 18.7 Å². The molecule has 4 aromatic rings. The Kier molecular flexibility index (Phi) is 6.73. The van der Waals surface area contributed by atoms with Crippen molar-refractivity contribution in [1.29, 1.82) is 0 Å². The Balaban J connectivity index is 1.33. The van der Waals surface area contributed by atoms with Crippen molar-refractivity contribution in [1.82, 2.24) is 9.78 Å². The number of furan rings is 1. The number of anilines is 2. The molecule has 0 saturated carbocycles. The third-order valence-electron chi connectivity index (χ3n) is 5.31. The molecule has 2 N–H and O–H groups in total. The maximum Gasteiger partial charge on any atom is 0.291 e. The number of carbonyl (C=O) groups is 2. The molecule has 2 aromatic heterocycles. The first-order valence-electron chi connectivity index (χ1n) is 11.2. The second-order valence-electron chi connectivity index (χ2n) is 9.19. The van der Waals surface area contributed by atoms with Crippen LogP contribution in [0.5, 0.6) is 5.75 Å². The van der Waals surface area contributed by atoms with Gasteiger partial charge < -0.3 is 19.8 Å². The average molecular weight is 473 g/mol. The zero-order valence-corrected chi connectivity index (χ0v) is 20.2. The number of nitrogens with zero attached hydrogens (tertiary/aromatic N) is 2. The minimum absolute atomic E-state index is 0.0754. The molecule has 0 unspecified atom stereocenters. The minimum atomic E-state index is -0.404. The van der Waals surface area contributed by atoms with Gasteiger partial charge >= 0.3 is 0 Å². The van der Waals surface area contributed by atoms with Crippen LogP contribution in [0.15, 0.2) is 77.3 Å². The molecule has 0 aliphatic rings. The van der Waals surface area contributed by atoms with Gasteiger partial charge in [0.25, 0.3) is 11.8 Å². The lowest BCUT2D eigenvalue weighted by atomic mass is 9.87. The van der Waals surface area contributed by atoms with Crippen LogP contribution >= 0.6 is 0 Å². The predicted molar refractivity (Wildman–Crippen MR) is 134 cm³/mol. The first-order chi connectivity index (χ1) is 16.7. The lowest BCUT2D eigenvalue weighted by Crippen LogP contribution is -2.14. The number of carbonyl (C=O) groups excluding carboxylic acids is 2. The molecular formula is C27H28N4O4. The molecule has 0 bridgehead atoms. The van der Waals surface area contributed by atoms with E-state index in [1.54, 1.807) is 60.4 Å². The molecule has 0 fully saturated rings. The first kappa shape index (κ1) is 23.8. The molecule has 0 spiro atoms. The van der Waals surface area contributed by atoms with Crippen molar-refractivity contribution in [2.75, 3.05) is 10.6 Å². The molecule has 35 heavy (non-hydrogen) atoms. The number of aryl methyl sites for hydroxylation is 1. The molecule has 0 saturated heterocycles. The Morgan fingerprint density at radius 3 is 2.26 bits per heavy atom. The molecule has 2 heterocycles. The van der Waals surface area contributed by atoms with Gasteiger partial charge in [-0.25, -0.2) is 0 Å². The second kappa shape index (κ2) is 9.89. The van der Waals surface area contributed by atoms with Crippen molar-refractivity contribution >= 4 is 23.2 Å². The van der Waals surface area contributed by atoms with Gasteiger partial charge in [0.2, 0.25) is 0 Å². The Labute approximate surface area is 203 Å². The van der Waals surface area contributed by atoms with E-state index in [0.717, 1.165) is 5.75 Å². The van der Waals surface area contributed by atoms with Gasteiger partial charge in [-0.2, -0.15) is 5.10 Å². The molecule has 0 atom stereocenters. The van der Waals surface area contributed by atoms with Gasteiger partial charge in [-0.3, -0.25) is 14.3 Å². The summed E-state index contributed by atoms with van der Waals surface area (Å²) in [4.78, 5) is 25.0. The van der Waals surface area contributed by atoms with Gasteiger partial charge in [0.15, 0.2) is 11.5 Å². The first-order valence-corrected chi connectivity index (χ1v) is 11.2. The molecule has 8 nitrogen and oxygen atoms in total. The molecule has 0 aliphatic carbocycles. The fourth-order valence-electron chi connectivity index (χ4n) is 3.38. The van der Waals surface area contributed by atoms with Gasteiger partial charge in [-0.1, -0.05) is 39.0 Å². The monoisotopic (exact) mass is 472 g/mol. The van der Waals surface area contributed by atoms with Crippen LogP contribution in [0.3, 0.4) is 0 Å². The molecule has 0 radical (unpaired) electrons. The highest BCUT2D eigenvalue weighted by atomic mass is 16.5. The Bertz CT molecular complexity index is 1330. The van der Waals surface area contributed by atoms with Gasteiger partial charge in [0.05, 0.1) is 0 Å². The van der Waals surface area contributed by atoms with Crippen LogP contribution in [-0.4, -0.2) is 21.6 Å². The van der Waals surface area contributed by atoms with E-state index < -0.39 is 5.91 Å². The van der Waals surface area contributed by atoms with E-state index in [1.807, 2.05) is 24.3 Å². The van der Waals surface area contributed by atoms with Crippen molar-refractivity contribution in [3.63, 3.8) is 0 Å². The van der Waals surface area contributed by atoms with E-state index in [2.05, 4.69) is 36.5 Å². The van der Waals surface area contributed by atoms with E-state index in [0.29, 0.717) is 22.8 Å². The van der Waals surface area contributed by atoms with Crippen LogP contribution in [-0.2, 0) is 19.1 Å². The maximum atomic E-state index is 12.6. The quantitative estimate of drug-likeness (QED) is 0.376. The Morgan fingerprint density at radius 1 is 0.943 bits per heavy atom. The number of aromatic nitrogens is 2. The fourth-order valence-corrected chi connectivity index (χ4v) is 3.38. The molecule has 0 aliphatic heterocycles. The maximum absolute atomic E-state index is 12.6. The van der Waals surface area contributed by atoms with E-state index in [9.17, 15) is 9.59 Å². The van der Waals surface area contributed by atoms with Crippen LogP contribution < -0.4 is 15.4 Å². The highest BCUT2D eigenvalue weighted by Gasteiger charge is 2.15. The van der Waals surface area contributed by atoms with E-state index in [-0.39, 0.29) is 23.7 Å². The fraction of sp³-hybridized carbons (Fsp3) is 0.222. The summed E-state index contributed by atoms with van der Waals surface area (Å²) < 4.78 is 13.0. The number of amides is 2. The van der Waals surface area contributed by atoms with Crippen LogP contribution in [0.1, 0.15) is 53.1 Å².